The molecule has 0 aromatic heterocycles. The minimum Gasteiger partial charge on any atom is -0.497 e. The summed E-state index contributed by atoms with van der Waals surface area (Å²) >= 11 is 0. The predicted molar refractivity (Wildman–Crippen MR) is 144 cm³/mol. The fourth-order valence-corrected chi connectivity index (χ4v) is 3.58. The van der Waals surface area contributed by atoms with Crippen LogP contribution in [-0.2, 0) is 9.59 Å². The van der Waals surface area contributed by atoms with E-state index in [4.69, 9.17) is 14.2 Å². The van der Waals surface area contributed by atoms with Gasteiger partial charge in [0.25, 0.3) is 0 Å². The summed E-state index contributed by atoms with van der Waals surface area (Å²) in [5.41, 5.74) is 3.43. The monoisotopic (exact) mass is 511 g/mol. The average Bonchev–Trinajstić information content (AvgIpc) is 2.95. The van der Waals surface area contributed by atoms with Crippen molar-refractivity contribution in [3.05, 3.63) is 96.1 Å². The number of fused-ring (bicyclic) bond motifs is 1. The van der Waals surface area contributed by atoms with Crippen molar-refractivity contribution in [2.24, 2.45) is 5.10 Å². The quantitative estimate of drug-likeness (QED) is 0.118. The van der Waals surface area contributed by atoms with Gasteiger partial charge >= 0.3 is 17.8 Å². The Labute approximate surface area is 219 Å². The van der Waals surface area contributed by atoms with E-state index in [0.29, 0.717) is 34.9 Å². The molecule has 9 heteroatoms. The molecule has 0 fully saturated rings. The molecule has 0 aliphatic heterocycles. The van der Waals surface area contributed by atoms with Gasteiger partial charge in [0.1, 0.15) is 17.2 Å². The number of ether oxygens (including phenoxy) is 3. The van der Waals surface area contributed by atoms with Crippen LogP contribution in [0.25, 0.3) is 10.8 Å². The van der Waals surface area contributed by atoms with E-state index in [1.54, 1.807) is 54.6 Å². The van der Waals surface area contributed by atoms with Crippen LogP contribution < -0.4 is 25.0 Å². The lowest BCUT2D eigenvalue weighted by atomic mass is 10.0. The standard InChI is InChI=1S/C29H25N3O6/c1-3-37-23-15-11-21(12-16-23)31-27(33)28(34)32-30-18-25-24-7-5-4-6-19(24)10-17-26(25)38-29(35)20-8-13-22(36-2)14-9-20/h4-18H,3H2,1-2H3,(H,31,33)(H,32,34)/b30-18-. The molecule has 2 N–H and O–H groups in total. The largest absolute Gasteiger partial charge is 0.497 e. The van der Waals surface area contributed by atoms with E-state index in [1.807, 2.05) is 37.3 Å². The van der Waals surface area contributed by atoms with E-state index < -0.39 is 17.8 Å². The zero-order valence-electron chi connectivity index (χ0n) is 20.8. The molecular formula is C29H25N3O6. The summed E-state index contributed by atoms with van der Waals surface area (Å²) in [5, 5.41) is 8.05. The number of methoxy groups -OCH3 is 1. The molecule has 0 aliphatic rings. The first-order valence-electron chi connectivity index (χ1n) is 11.7. The van der Waals surface area contributed by atoms with E-state index in [1.165, 1.54) is 13.3 Å². The maximum absolute atomic E-state index is 12.8. The van der Waals surface area contributed by atoms with E-state index >= 15 is 0 Å². The van der Waals surface area contributed by atoms with Crippen LogP contribution in [-0.4, -0.2) is 37.7 Å². The van der Waals surface area contributed by atoms with Gasteiger partial charge in [-0.15, -0.1) is 0 Å². The van der Waals surface area contributed by atoms with Gasteiger partial charge in [-0.05, 0) is 72.3 Å². The molecule has 0 bridgehead atoms. The summed E-state index contributed by atoms with van der Waals surface area (Å²) in [7, 11) is 1.54. The number of esters is 1. The Morgan fingerprint density at radius 2 is 1.55 bits per heavy atom. The van der Waals surface area contributed by atoms with Gasteiger partial charge in [0.15, 0.2) is 0 Å². The Kier molecular flexibility index (Phi) is 8.30. The molecule has 0 saturated carbocycles. The van der Waals surface area contributed by atoms with Crippen molar-refractivity contribution < 1.29 is 28.6 Å². The highest BCUT2D eigenvalue weighted by molar-refractivity contribution is 6.39. The van der Waals surface area contributed by atoms with Crippen LogP contribution in [0.15, 0.2) is 90.0 Å². The molecular weight excluding hydrogens is 486 g/mol. The summed E-state index contributed by atoms with van der Waals surface area (Å²) < 4.78 is 16.1. The maximum atomic E-state index is 12.8. The molecule has 38 heavy (non-hydrogen) atoms. The summed E-state index contributed by atoms with van der Waals surface area (Å²) in [6.45, 7) is 2.39. The van der Waals surface area contributed by atoms with E-state index in [2.05, 4.69) is 15.8 Å². The molecule has 0 spiro atoms. The number of rotatable bonds is 8. The molecule has 4 aromatic rings. The van der Waals surface area contributed by atoms with Gasteiger partial charge in [0.2, 0.25) is 0 Å². The van der Waals surface area contributed by atoms with Crippen molar-refractivity contribution in [1.82, 2.24) is 5.43 Å². The second-order valence-electron chi connectivity index (χ2n) is 7.93. The third-order valence-electron chi connectivity index (χ3n) is 5.45. The lowest BCUT2D eigenvalue weighted by molar-refractivity contribution is -0.136. The highest BCUT2D eigenvalue weighted by atomic mass is 16.5. The van der Waals surface area contributed by atoms with Crippen molar-refractivity contribution >= 4 is 40.5 Å². The smallest absolute Gasteiger partial charge is 0.343 e. The Hall–Kier alpha value is -5.18. The maximum Gasteiger partial charge on any atom is 0.343 e. The number of nitrogens with one attached hydrogen (secondary N) is 2. The van der Waals surface area contributed by atoms with Crippen LogP contribution in [0.5, 0.6) is 17.2 Å². The Bertz CT molecular complexity index is 1480. The van der Waals surface area contributed by atoms with Crippen molar-refractivity contribution in [2.45, 2.75) is 6.92 Å². The zero-order valence-corrected chi connectivity index (χ0v) is 20.8. The second-order valence-corrected chi connectivity index (χ2v) is 7.93. The molecule has 2 amide bonds. The number of hydrogen-bond donors (Lipinski definition) is 2. The molecule has 0 heterocycles. The summed E-state index contributed by atoms with van der Waals surface area (Å²) in [6.07, 6.45) is 1.33. The van der Waals surface area contributed by atoms with Gasteiger partial charge in [-0.1, -0.05) is 30.3 Å². The minimum absolute atomic E-state index is 0.237. The zero-order chi connectivity index (χ0) is 26.9. The summed E-state index contributed by atoms with van der Waals surface area (Å²) in [5.74, 6) is -0.930. The van der Waals surface area contributed by atoms with Crippen LogP contribution in [0.4, 0.5) is 5.69 Å². The molecule has 4 aromatic carbocycles. The number of carbonyl (C=O) groups excluding carboxylic acids is 3. The highest BCUT2D eigenvalue weighted by Crippen LogP contribution is 2.27. The molecule has 0 aliphatic carbocycles. The van der Waals surface area contributed by atoms with Crippen molar-refractivity contribution in [2.75, 3.05) is 19.0 Å². The lowest BCUT2D eigenvalue weighted by Crippen LogP contribution is -2.32. The minimum atomic E-state index is -0.966. The van der Waals surface area contributed by atoms with Crippen LogP contribution in [0.2, 0.25) is 0 Å². The van der Waals surface area contributed by atoms with Crippen molar-refractivity contribution in [1.29, 1.82) is 0 Å². The first kappa shape index (κ1) is 25.9. The van der Waals surface area contributed by atoms with E-state index in [0.717, 1.165) is 10.8 Å². The molecule has 4 rings (SSSR count). The Morgan fingerprint density at radius 1 is 0.842 bits per heavy atom. The number of benzene rings is 4. The Balaban J connectivity index is 1.49. The first-order chi connectivity index (χ1) is 18.5. The molecule has 0 unspecified atom stereocenters. The molecule has 192 valence electrons. The van der Waals surface area contributed by atoms with Crippen molar-refractivity contribution in [3.63, 3.8) is 0 Å². The number of carbonyl (C=O) groups is 3. The van der Waals surface area contributed by atoms with Gasteiger partial charge in [-0.2, -0.15) is 5.10 Å². The highest BCUT2D eigenvalue weighted by Gasteiger charge is 2.15. The molecule has 0 atom stereocenters. The van der Waals surface area contributed by atoms with E-state index in [9.17, 15) is 14.4 Å². The normalized spacial score (nSPS) is 10.7. The molecule has 9 nitrogen and oxygen atoms in total. The van der Waals surface area contributed by atoms with Crippen LogP contribution in [0.3, 0.4) is 0 Å². The number of nitrogens with zero attached hydrogens (tertiary/aromatic N) is 1. The summed E-state index contributed by atoms with van der Waals surface area (Å²) in [4.78, 5) is 37.4. The predicted octanol–water partition coefficient (Wildman–Crippen LogP) is 4.56. The lowest BCUT2D eigenvalue weighted by Gasteiger charge is -2.11. The van der Waals surface area contributed by atoms with Gasteiger partial charge in [0, 0.05) is 11.3 Å². The second kappa shape index (κ2) is 12.2. The van der Waals surface area contributed by atoms with Gasteiger partial charge in [0.05, 0.1) is 25.5 Å². The number of hydrazone groups is 1. The first-order valence-corrected chi connectivity index (χ1v) is 11.7. The van der Waals surface area contributed by atoms with Gasteiger partial charge in [-0.25, -0.2) is 10.2 Å². The molecule has 0 saturated heterocycles. The van der Waals surface area contributed by atoms with E-state index in [-0.39, 0.29) is 5.75 Å². The number of amides is 2. The van der Waals surface area contributed by atoms with Crippen LogP contribution >= 0.6 is 0 Å². The average molecular weight is 512 g/mol. The fraction of sp³-hybridized carbons (Fsp3) is 0.103. The van der Waals surface area contributed by atoms with Crippen molar-refractivity contribution in [3.8, 4) is 17.2 Å². The SMILES string of the molecule is CCOc1ccc(NC(=O)C(=O)N/N=C\c2c(OC(=O)c3ccc(OC)cc3)ccc3ccccc23)cc1. The van der Waals surface area contributed by atoms with Crippen LogP contribution in [0.1, 0.15) is 22.8 Å². The topological polar surface area (TPSA) is 115 Å². The fourth-order valence-electron chi connectivity index (χ4n) is 3.58. The molecule has 0 radical (unpaired) electrons. The van der Waals surface area contributed by atoms with Gasteiger partial charge in [-0.3, -0.25) is 9.59 Å². The Morgan fingerprint density at radius 3 is 2.26 bits per heavy atom. The number of anilines is 1. The van der Waals surface area contributed by atoms with Gasteiger partial charge < -0.3 is 19.5 Å². The summed E-state index contributed by atoms with van der Waals surface area (Å²) in [6, 6.07) is 24.0. The third kappa shape index (κ3) is 6.33. The third-order valence-corrected chi connectivity index (χ3v) is 5.45. The van der Waals surface area contributed by atoms with Crippen LogP contribution in [0, 0.1) is 0 Å². The number of hydrogen-bond acceptors (Lipinski definition) is 7.